The lowest BCUT2D eigenvalue weighted by Gasteiger charge is -2.39. The zero-order valence-corrected chi connectivity index (χ0v) is 14.8. The molecule has 4 nitrogen and oxygen atoms in total. The lowest BCUT2D eigenvalue weighted by molar-refractivity contribution is 0.0759. The molecule has 4 rings (SSSR count). The van der Waals surface area contributed by atoms with Crippen molar-refractivity contribution in [3.8, 4) is 11.3 Å². The van der Waals surface area contributed by atoms with Crippen molar-refractivity contribution in [3.05, 3.63) is 78.1 Å². The highest BCUT2D eigenvalue weighted by atomic mass is 19.1. The Morgan fingerprint density at radius 1 is 1.08 bits per heavy atom. The number of hydrogen-bond donors (Lipinski definition) is 0. The lowest BCUT2D eigenvalue weighted by Crippen LogP contribution is -2.46. The Hall–Kier alpha value is -2.50. The topological polar surface area (TPSA) is 32.5 Å². The minimum absolute atomic E-state index is 0.253. The molecular formula is C21H22FN3O. The van der Waals surface area contributed by atoms with Crippen LogP contribution >= 0.6 is 0 Å². The summed E-state index contributed by atoms with van der Waals surface area (Å²) in [5, 5.41) is 0. The summed E-state index contributed by atoms with van der Waals surface area (Å²) >= 11 is 0. The summed E-state index contributed by atoms with van der Waals surface area (Å²) in [6, 6.07) is 17.2. The van der Waals surface area contributed by atoms with Crippen LogP contribution in [0, 0.1) is 5.82 Å². The average molecular weight is 351 g/mol. The molecule has 0 saturated carbocycles. The van der Waals surface area contributed by atoms with Gasteiger partial charge in [0.1, 0.15) is 5.82 Å². The van der Waals surface area contributed by atoms with Crippen LogP contribution in [0.3, 0.4) is 0 Å². The Morgan fingerprint density at radius 2 is 1.85 bits per heavy atom. The van der Waals surface area contributed by atoms with Crippen molar-refractivity contribution in [2.45, 2.75) is 12.6 Å². The van der Waals surface area contributed by atoms with Crippen molar-refractivity contribution in [3.63, 3.8) is 0 Å². The second-order valence-corrected chi connectivity index (χ2v) is 6.78. The lowest BCUT2D eigenvalue weighted by atomic mass is 10.0. The molecule has 0 bridgehead atoms. The first-order valence-corrected chi connectivity index (χ1v) is 8.87. The predicted molar refractivity (Wildman–Crippen MR) is 99.0 cm³/mol. The number of hydrogen-bond acceptors (Lipinski definition) is 4. The standard InChI is InChI=1S/C21H22FN3O/c1-24-11-12-25(19(14-24)16-5-3-2-4-6-16)15-21-23-13-20(26-21)17-7-9-18(22)10-8-17/h2-10,13,19H,11-12,14-15H2,1H3. The summed E-state index contributed by atoms with van der Waals surface area (Å²) in [6.07, 6.45) is 1.72. The summed E-state index contributed by atoms with van der Waals surface area (Å²) in [6.45, 7) is 3.63. The molecule has 0 aliphatic carbocycles. The third-order valence-corrected chi connectivity index (χ3v) is 4.90. The van der Waals surface area contributed by atoms with E-state index in [-0.39, 0.29) is 5.82 Å². The maximum atomic E-state index is 13.1. The Morgan fingerprint density at radius 3 is 2.62 bits per heavy atom. The molecule has 3 aromatic rings. The molecule has 1 aromatic heterocycles. The minimum Gasteiger partial charge on any atom is -0.439 e. The monoisotopic (exact) mass is 351 g/mol. The van der Waals surface area contributed by atoms with Crippen molar-refractivity contribution >= 4 is 0 Å². The van der Waals surface area contributed by atoms with Crippen LogP contribution < -0.4 is 0 Å². The summed E-state index contributed by atoms with van der Waals surface area (Å²) in [7, 11) is 2.16. The van der Waals surface area contributed by atoms with E-state index in [0.29, 0.717) is 24.2 Å². The number of aromatic nitrogens is 1. The van der Waals surface area contributed by atoms with Crippen LogP contribution in [-0.2, 0) is 6.54 Å². The third kappa shape index (κ3) is 3.69. The van der Waals surface area contributed by atoms with E-state index in [4.69, 9.17) is 4.42 Å². The van der Waals surface area contributed by atoms with Crippen LogP contribution in [0.4, 0.5) is 4.39 Å². The molecule has 1 fully saturated rings. The van der Waals surface area contributed by atoms with Gasteiger partial charge < -0.3 is 9.32 Å². The molecule has 1 saturated heterocycles. The van der Waals surface area contributed by atoms with E-state index in [9.17, 15) is 4.39 Å². The molecular weight excluding hydrogens is 329 g/mol. The van der Waals surface area contributed by atoms with Crippen LogP contribution in [0.15, 0.2) is 65.2 Å². The second kappa shape index (κ2) is 7.40. The SMILES string of the molecule is CN1CCN(Cc2ncc(-c3ccc(F)cc3)o2)C(c2ccccc2)C1. The van der Waals surface area contributed by atoms with Gasteiger partial charge in [0.05, 0.1) is 12.7 Å². The van der Waals surface area contributed by atoms with Crippen LogP contribution in [-0.4, -0.2) is 41.5 Å². The average Bonchev–Trinajstić information content (AvgIpc) is 3.13. The van der Waals surface area contributed by atoms with Gasteiger partial charge in [0.15, 0.2) is 5.76 Å². The molecule has 1 atom stereocenters. The molecule has 0 N–H and O–H groups in total. The van der Waals surface area contributed by atoms with Gasteiger partial charge in [-0.2, -0.15) is 0 Å². The molecule has 1 unspecified atom stereocenters. The van der Waals surface area contributed by atoms with Gasteiger partial charge in [-0.05, 0) is 36.9 Å². The maximum Gasteiger partial charge on any atom is 0.209 e. The molecule has 1 aliphatic heterocycles. The molecule has 0 amide bonds. The van der Waals surface area contributed by atoms with E-state index in [1.165, 1.54) is 17.7 Å². The Balaban J connectivity index is 1.53. The number of rotatable bonds is 4. The van der Waals surface area contributed by atoms with Gasteiger partial charge in [-0.3, -0.25) is 4.90 Å². The molecule has 5 heteroatoms. The number of piperazine rings is 1. The number of oxazole rings is 1. The van der Waals surface area contributed by atoms with Crippen molar-refractivity contribution in [2.75, 3.05) is 26.7 Å². The summed E-state index contributed by atoms with van der Waals surface area (Å²) in [5.41, 5.74) is 2.15. The first kappa shape index (κ1) is 16.9. The van der Waals surface area contributed by atoms with Gasteiger partial charge in [0.2, 0.25) is 5.89 Å². The zero-order valence-electron chi connectivity index (χ0n) is 14.8. The quantitative estimate of drug-likeness (QED) is 0.712. The van der Waals surface area contributed by atoms with Gasteiger partial charge >= 0.3 is 0 Å². The minimum atomic E-state index is -0.253. The second-order valence-electron chi connectivity index (χ2n) is 6.78. The van der Waals surface area contributed by atoms with Crippen molar-refractivity contribution in [1.82, 2.24) is 14.8 Å². The van der Waals surface area contributed by atoms with E-state index in [1.54, 1.807) is 18.3 Å². The van der Waals surface area contributed by atoms with E-state index in [2.05, 4.69) is 46.1 Å². The Bertz CT molecular complexity index is 847. The predicted octanol–water partition coefficient (Wildman–Crippen LogP) is 3.97. The molecule has 0 spiro atoms. The number of nitrogens with zero attached hydrogens (tertiary/aromatic N) is 3. The number of likely N-dealkylation sites (N-methyl/N-ethyl adjacent to an activating group) is 1. The smallest absolute Gasteiger partial charge is 0.209 e. The fourth-order valence-electron chi connectivity index (χ4n) is 3.44. The van der Waals surface area contributed by atoms with Crippen LogP contribution in [0.25, 0.3) is 11.3 Å². The van der Waals surface area contributed by atoms with Gasteiger partial charge in [-0.15, -0.1) is 0 Å². The largest absolute Gasteiger partial charge is 0.439 e. The van der Waals surface area contributed by atoms with E-state index >= 15 is 0 Å². The van der Waals surface area contributed by atoms with Crippen molar-refractivity contribution in [2.24, 2.45) is 0 Å². The molecule has 2 heterocycles. The van der Waals surface area contributed by atoms with Gasteiger partial charge in [-0.25, -0.2) is 9.37 Å². The van der Waals surface area contributed by atoms with Crippen molar-refractivity contribution < 1.29 is 8.81 Å². The van der Waals surface area contributed by atoms with Gasteiger partial charge in [0, 0.05) is 31.2 Å². The molecule has 0 radical (unpaired) electrons. The summed E-state index contributed by atoms with van der Waals surface area (Å²) < 4.78 is 19.0. The highest BCUT2D eigenvalue weighted by Gasteiger charge is 2.27. The highest BCUT2D eigenvalue weighted by Crippen LogP contribution is 2.27. The van der Waals surface area contributed by atoms with Crippen LogP contribution in [0.1, 0.15) is 17.5 Å². The fourth-order valence-corrected chi connectivity index (χ4v) is 3.44. The van der Waals surface area contributed by atoms with E-state index in [1.807, 2.05) is 6.07 Å². The Kier molecular flexibility index (Phi) is 4.82. The van der Waals surface area contributed by atoms with Crippen LogP contribution in [0.2, 0.25) is 0 Å². The first-order chi connectivity index (χ1) is 12.7. The number of benzene rings is 2. The molecule has 1 aliphatic rings. The normalized spacial score (nSPS) is 18.9. The van der Waals surface area contributed by atoms with E-state index < -0.39 is 0 Å². The summed E-state index contributed by atoms with van der Waals surface area (Å²) in [5.74, 6) is 1.11. The van der Waals surface area contributed by atoms with E-state index in [0.717, 1.165) is 25.2 Å². The fraction of sp³-hybridized carbons (Fsp3) is 0.286. The molecule has 134 valence electrons. The van der Waals surface area contributed by atoms with Gasteiger partial charge in [0.25, 0.3) is 0 Å². The Labute approximate surface area is 152 Å². The summed E-state index contributed by atoms with van der Waals surface area (Å²) in [4.78, 5) is 9.21. The molecule has 26 heavy (non-hydrogen) atoms. The highest BCUT2D eigenvalue weighted by molar-refractivity contribution is 5.55. The zero-order chi connectivity index (χ0) is 17.9. The maximum absolute atomic E-state index is 13.1. The van der Waals surface area contributed by atoms with Crippen molar-refractivity contribution in [1.29, 1.82) is 0 Å². The third-order valence-electron chi connectivity index (χ3n) is 4.90. The number of halogens is 1. The molecule has 2 aromatic carbocycles. The van der Waals surface area contributed by atoms with Crippen LogP contribution in [0.5, 0.6) is 0 Å². The first-order valence-electron chi connectivity index (χ1n) is 8.87. The van der Waals surface area contributed by atoms with Gasteiger partial charge in [-0.1, -0.05) is 30.3 Å².